The molecule has 8 aromatic carbocycles. The van der Waals surface area contributed by atoms with E-state index in [1.165, 1.54) is 21.9 Å². The maximum absolute atomic E-state index is 6.71. The van der Waals surface area contributed by atoms with E-state index in [0.717, 1.165) is 60.5 Å². The van der Waals surface area contributed by atoms with Gasteiger partial charge >= 0.3 is 0 Å². The normalized spacial score (nSPS) is 11.5. The zero-order chi connectivity index (χ0) is 33.7. The largest absolute Gasteiger partial charge is 0.455 e. The Bertz CT molecular complexity index is 2860. The van der Waals surface area contributed by atoms with Gasteiger partial charge < -0.3 is 4.42 Å². The minimum atomic E-state index is 0.611. The molecule has 0 spiro atoms. The Kier molecular flexibility index (Phi) is 6.78. The van der Waals surface area contributed by atoms with E-state index in [1.807, 2.05) is 72.8 Å². The van der Waals surface area contributed by atoms with Crippen LogP contribution in [0.25, 0.3) is 99.9 Å². The number of hydrogen-bond acceptors (Lipinski definition) is 4. The molecule has 0 fully saturated rings. The van der Waals surface area contributed by atoms with Crippen LogP contribution in [-0.4, -0.2) is 15.0 Å². The lowest BCUT2D eigenvalue weighted by Gasteiger charge is -2.11. The maximum atomic E-state index is 6.71. The molecule has 0 atom stereocenters. The van der Waals surface area contributed by atoms with Gasteiger partial charge in [0, 0.05) is 32.8 Å². The summed E-state index contributed by atoms with van der Waals surface area (Å²) in [4.78, 5) is 14.9. The predicted molar refractivity (Wildman–Crippen MR) is 209 cm³/mol. The summed E-state index contributed by atoms with van der Waals surface area (Å²) in [6, 6.07) is 61.2. The van der Waals surface area contributed by atoms with Gasteiger partial charge in [-0.2, -0.15) is 0 Å². The highest BCUT2D eigenvalue weighted by molar-refractivity contribution is 6.21. The van der Waals surface area contributed by atoms with Gasteiger partial charge in [0.15, 0.2) is 17.5 Å². The smallest absolute Gasteiger partial charge is 0.164 e. The highest BCUT2D eigenvalue weighted by Gasteiger charge is 2.19. The summed E-state index contributed by atoms with van der Waals surface area (Å²) in [6.45, 7) is 0. The molecule has 238 valence electrons. The van der Waals surface area contributed by atoms with Gasteiger partial charge in [-0.15, -0.1) is 0 Å². The van der Waals surface area contributed by atoms with Crippen molar-refractivity contribution >= 4 is 43.5 Å². The average molecular weight is 652 g/mol. The molecular weight excluding hydrogens is 623 g/mol. The minimum Gasteiger partial charge on any atom is -0.455 e. The van der Waals surface area contributed by atoms with Gasteiger partial charge in [0.1, 0.15) is 11.2 Å². The van der Waals surface area contributed by atoms with Gasteiger partial charge in [0.2, 0.25) is 0 Å². The minimum absolute atomic E-state index is 0.611. The monoisotopic (exact) mass is 651 g/mol. The highest BCUT2D eigenvalue weighted by Crippen LogP contribution is 2.43. The topological polar surface area (TPSA) is 51.8 Å². The Hall–Kier alpha value is -6.91. The summed E-state index contributed by atoms with van der Waals surface area (Å²) in [5.41, 5.74) is 9.06. The van der Waals surface area contributed by atoms with Crippen LogP contribution in [0.4, 0.5) is 0 Å². The maximum Gasteiger partial charge on any atom is 0.164 e. The van der Waals surface area contributed by atoms with E-state index in [0.29, 0.717) is 17.5 Å². The van der Waals surface area contributed by atoms with Gasteiger partial charge in [-0.05, 0) is 74.8 Å². The first-order chi connectivity index (χ1) is 25.2. The molecule has 2 heterocycles. The van der Waals surface area contributed by atoms with Crippen LogP contribution >= 0.6 is 0 Å². The number of benzene rings is 8. The van der Waals surface area contributed by atoms with Crippen LogP contribution in [0.1, 0.15) is 0 Å². The third-order valence-corrected chi connectivity index (χ3v) is 9.68. The molecule has 0 aliphatic carbocycles. The lowest BCUT2D eigenvalue weighted by atomic mass is 9.92. The molecule has 4 heteroatoms. The fourth-order valence-electron chi connectivity index (χ4n) is 7.15. The summed E-state index contributed by atoms with van der Waals surface area (Å²) in [6.07, 6.45) is 0. The molecule has 0 unspecified atom stereocenters. The summed E-state index contributed by atoms with van der Waals surface area (Å²) < 4.78 is 6.71. The molecule has 0 amide bonds. The third kappa shape index (κ3) is 5.13. The van der Waals surface area contributed by atoms with Gasteiger partial charge in [-0.3, -0.25) is 0 Å². The van der Waals surface area contributed by atoms with Crippen molar-refractivity contribution in [3.8, 4) is 56.4 Å². The fraction of sp³-hybridized carbons (Fsp3) is 0. The summed E-state index contributed by atoms with van der Waals surface area (Å²) in [5, 5.41) is 6.76. The van der Waals surface area contributed by atoms with Crippen LogP contribution in [0.5, 0.6) is 0 Å². The summed E-state index contributed by atoms with van der Waals surface area (Å²) >= 11 is 0. The highest BCUT2D eigenvalue weighted by atomic mass is 16.3. The van der Waals surface area contributed by atoms with Crippen LogP contribution in [0.3, 0.4) is 0 Å². The Morgan fingerprint density at radius 2 is 0.902 bits per heavy atom. The zero-order valence-electron chi connectivity index (χ0n) is 27.5. The van der Waals surface area contributed by atoms with Crippen LogP contribution in [-0.2, 0) is 0 Å². The molecule has 0 aliphatic heterocycles. The lowest BCUT2D eigenvalue weighted by molar-refractivity contribution is 0.673. The Balaban J connectivity index is 1.19. The van der Waals surface area contributed by atoms with E-state index in [-0.39, 0.29) is 0 Å². The molecule has 0 saturated carbocycles. The van der Waals surface area contributed by atoms with Crippen LogP contribution in [0, 0.1) is 0 Å². The molecule has 0 N–H and O–H groups in total. The molecule has 0 aliphatic rings. The average Bonchev–Trinajstić information content (AvgIpc) is 3.60. The molecule has 2 aromatic heterocycles. The van der Waals surface area contributed by atoms with E-state index in [4.69, 9.17) is 19.4 Å². The first-order valence-corrected chi connectivity index (χ1v) is 17.1. The van der Waals surface area contributed by atoms with Crippen molar-refractivity contribution in [2.75, 3.05) is 0 Å². The van der Waals surface area contributed by atoms with E-state index < -0.39 is 0 Å². The van der Waals surface area contributed by atoms with E-state index in [9.17, 15) is 0 Å². The molecule has 10 rings (SSSR count). The van der Waals surface area contributed by atoms with E-state index >= 15 is 0 Å². The van der Waals surface area contributed by atoms with E-state index in [1.54, 1.807) is 0 Å². The molecule has 0 saturated heterocycles. The SMILES string of the molecule is c1ccc(-c2nc(-c3ccccc3)nc(-c3ccc4oc5c6ccccc6cc(-c6cccc(-c7ccc8ccccc8c7)c6)c5c4c3)n2)cc1. The van der Waals surface area contributed by atoms with Crippen molar-refractivity contribution in [1.29, 1.82) is 0 Å². The van der Waals surface area contributed by atoms with Gasteiger partial charge in [-0.25, -0.2) is 15.0 Å². The first-order valence-electron chi connectivity index (χ1n) is 17.1. The molecular formula is C47H29N3O. The number of rotatable bonds is 5. The van der Waals surface area contributed by atoms with Gasteiger partial charge in [0.25, 0.3) is 0 Å². The number of aromatic nitrogens is 3. The quantitative estimate of drug-likeness (QED) is 0.186. The van der Waals surface area contributed by atoms with Crippen molar-refractivity contribution < 1.29 is 4.42 Å². The fourth-order valence-corrected chi connectivity index (χ4v) is 7.15. The second kappa shape index (κ2) is 11.9. The van der Waals surface area contributed by atoms with Crippen LogP contribution in [0.2, 0.25) is 0 Å². The van der Waals surface area contributed by atoms with Crippen LogP contribution < -0.4 is 0 Å². The second-order valence-corrected chi connectivity index (χ2v) is 12.8. The molecule has 0 bridgehead atoms. The van der Waals surface area contributed by atoms with Crippen molar-refractivity contribution in [1.82, 2.24) is 15.0 Å². The first kappa shape index (κ1) is 29.0. The van der Waals surface area contributed by atoms with Gasteiger partial charge in [0.05, 0.1) is 0 Å². The van der Waals surface area contributed by atoms with Crippen molar-refractivity contribution in [2.45, 2.75) is 0 Å². The molecule has 0 radical (unpaired) electrons. The molecule has 10 aromatic rings. The summed E-state index contributed by atoms with van der Waals surface area (Å²) in [7, 11) is 0. The second-order valence-electron chi connectivity index (χ2n) is 12.8. The van der Waals surface area contributed by atoms with E-state index in [2.05, 4.69) is 103 Å². The number of furan rings is 1. The number of hydrogen-bond donors (Lipinski definition) is 0. The Labute approximate surface area is 294 Å². The van der Waals surface area contributed by atoms with Crippen molar-refractivity contribution in [3.63, 3.8) is 0 Å². The molecule has 51 heavy (non-hydrogen) atoms. The third-order valence-electron chi connectivity index (χ3n) is 9.68. The van der Waals surface area contributed by atoms with Crippen LogP contribution in [0.15, 0.2) is 180 Å². The predicted octanol–water partition coefficient (Wildman–Crippen LogP) is 12.4. The van der Waals surface area contributed by atoms with Crippen molar-refractivity contribution in [2.24, 2.45) is 0 Å². The number of nitrogens with zero attached hydrogens (tertiary/aromatic N) is 3. The standard InChI is InChI=1S/C47H29N3O/c1-3-13-31(14-4-1)45-48-46(32-15-5-2-6-16-32)50-47(49-45)38-24-25-42-41(29-38)43-40(28-37-18-9-10-21-39(37)44(43)51-42)36-20-11-19-34(27-36)35-23-22-30-12-7-8-17-33(30)26-35/h1-29H. The van der Waals surface area contributed by atoms with Gasteiger partial charge in [-0.1, -0.05) is 140 Å². The Morgan fingerprint density at radius 3 is 1.65 bits per heavy atom. The Morgan fingerprint density at radius 1 is 0.333 bits per heavy atom. The lowest BCUT2D eigenvalue weighted by Crippen LogP contribution is -2.00. The zero-order valence-corrected chi connectivity index (χ0v) is 27.5. The molecule has 4 nitrogen and oxygen atoms in total. The van der Waals surface area contributed by atoms with Crippen molar-refractivity contribution in [3.05, 3.63) is 176 Å². The number of fused-ring (bicyclic) bond motifs is 6. The summed E-state index contributed by atoms with van der Waals surface area (Å²) in [5.74, 6) is 1.88.